The molecule has 0 fully saturated rings. The van der Waals surface area contributed by atoms with Crippen LogP contribution in [-0.4, -0.2) is 66.5 Å². The van der Waals surface area contributed by atoms with Gasteiger partial charge < -0.3 is 31.5 Å². The van der Waals surface area contributed by atoms with Gasteiger partial charge in [0.05, 0.1) is 26.4 Å². The predicted octanol–water partition coefficient (Wildman–Crippen LogP) is -2.11. The van der Waals surface area contributed by atoms with Crippen LogP contribution in [0.3, 0.4) is 0 Å². The molecule has 0 unspecified atom stereocenters. The Balaban J connectivity index is 0. The molecule has 7 N–H and O–H groups in total. The Kier molecular flexibility index (Phi) is 14.5. The topological polar surface area (TPSA) is 119 Å². The van der Waals surface area contributed by atoms with E-state index in [9.17, 15) is 0 Å². The quantitative estimate of drug-likeness (QED) is 0.269. The van der Waals surface area contributed by atoms with Crippen molar-refractivity contribution in [1.82, 2.24) is 5.32 Å². The summed E-state index contributed by atoms with van der Waals surface area (Å²) in [6.07, 6.45) is 0.594. The molecule has 6 nitrogen and oxygen atoms in total. The number of aliphatic hydroxyl groups is 4. The number of hydrogen-bond donors (Lipinski definition) is 6. The van der Waals surface area contributed by atoms with Crippen LogP contribution in [0.2, 0.25) is 0 Å². The number of hydrogen-bond acceptors (Lipinski definition) is 6. The summed E-state index contributed by atoms with van der Waals surface area (Å²) in [6, 6.07) is 0. The standard InChI is InChI=1S/C6H14O3.C4H12N2O/c1-2-6(3-7,4-8)5-9;5-1-2-6-3-4-7/h7-9H,2-5H2,1H3;6-7H,1-5H2. The van der Waals surface area contributed by atoms with Gasteiger partial charge in [0.1, 0.15) is 0 Å². The maximum Gasteiger partial charge on any atom is 0.0555 e. The van der Waals surface area contributed by atoms with Crippen LogP contribution in [0.15, 0.2) is 0 Å². The Morgan fingerprint density at radius 1 is 1.00 bits per heavy atom. The molecule has 0 spiro atoms. The van der Waals surface area contributed by atoms with Gasteiger partial charge in [0.2, 0.25) is 0 Å². The van der Waals surface area contributed by atoms with E-state index in [-0.39, 0.29) is 26.4 Å². The first kappa shape index (κ1) is 18.1. The van der Waals surface area contributed by atoms with Gasteiger partial charge in [-0.15, -0.1) is 0 Å². The zero-order valence-electron chi connectivity index (χ0n) is 10.0. The molecule has 0 aliphatic carbocycles. The molecule has 0 aliphatic rings. The molecule has 0 aromatic rings. The van der Waals surface area contributed by atoms with Crippen molar-refractivity contribution in [2.75, 3.05) is 46.1 Å². The Morgan fingerprint density at radius 3 is 1.69 bits per heavy atom. The lowest BCUT2D eigenvalue weighted by Gasteiger charge is -2.24. The van der Waals surface area contributed by atoms with E-state index in [4.69, 9.17) is 26.2 Å². The minimum atomic E-state index is -0.667. The Morgan fingerprint density at radius 2 is 1.50 bits per heavy atom. The van der Waals surface area contributed by atoms with Crippen LogP contribution in [-0.2, 0) is 0 Å². The molecule has 0 heterocycles. The molecule has 0 amide bonds. The van der Waals surface area contributed by atoms with Crippen molar-refractivity contribution in [2.24, 2.45) is 11.1 Å². The molecule has 0 radical (unpaired) electrons. The molecule has 6 heteroatoms. The smallest absolute Gasteiger partial charge is 0.0555 e. The molecule has 100 valence electrons. The van der Waals surface area contributed by atoms with Gasteiger partial charge in [-0.3, -0.25) is 0 Å². The van der Waals surface area contributed by atoms with Crippen molar-refractivity contribution in [3.8, 4) is 0 Å². The van der Waals surface area contributed by atoms with Crippen LogP contribution < -0.4 is 11.1 Å². The maximum absolute atomic E-state index is 8.66. The van der Waals surface area contributed by atoms with E-state index in [0.717, 1.165) is 6.54 Å². The Bertz CT molecular complexity index is 110. The Hall–Kier alpha value is -0.240. The summed E-state index contributed by atoms with van der Waals surface area (Å²) >= 11 is 0. The van der Waals surface area contributed by atoms with Crippen molar-refractivity contribution < 1.29 is 20.4 Å². The third-order valence-corrected chi connectivity index (χ3v) is 2.37. The SMILES string of the molecule is CCC(CO)(CO)CO.NCCNCCO. The van der Waals surface area contributed by atoms with Crippen LogP contribution in [0.5, 0.6) is 0 Å². The molecule has 0 bridgehead atoms. The molecule has 0 rings (SSSR count). The van der Waals surface area contributed by atoms with E-state index in [1.165, 1.54) is 0 Å². The second-order valence-electron chi connectivity index (χ2n) is 3.59. The molecule has 0 aromatic carbocycles. The Labute approximate surface area is 97.1 Å². The highest BCUT2D eigenvalue weighted by molar-refractivity contribution is 4.74. The van der Waals surface area contributed by atoms with Gasteiger partial charge >= 0.3 is 0 Å². The summed E-state index contributed by atoms with van der Waals surface area (Å²) in [5.74, 6) is 0. The molecule has 0 saturated carbocycles. The predicted molar refractivity (Wildman–Crippen MR) is 63.0 cm³/mol. The van der Waals surface area contributed by atoms with Crippen molar-refractivity contribution in [1.29, 1.82) is 0 Å². The third kappa shape index (κ3) is 9.02. The van der Waals surface area contributed by atoms with E-state index in [2.05, 4.69) is 5.32 Å². The van der Waals surface area contributed by atoms with Crippen LogP contribution in [0.1, 0.15) is 13.3 Å². The van der Waals surface area contributed by atoms with Gasteiger partial charge in [0.25, 0.3) is 0 Å². The van der Waals surface area contributed by atoms with Crippen molar-refractivity contribution in [3.05, 3.63) is 0 Å². The zero-order valence-corrected chi connectivity index (χ0v) is 10.0. The second-order valence-corrected chi connectivity index (χ2v) is 3.59. The fraction of sp³-hybridized carbons (Fsp3) is 1.00. The molecule has 0 aliphatic heterocycles. The van der Waals surface area contributed by atoms with Gasteiger partial charge in [0, 0.05) is 25.0 Å². The van der Waals surface area contributed by atoms with Gasteiger partial charge in [-0.2, -0.15) is 0 Å². The molecular formula is C10H26N2O4. The van der Waals surface area contributed by atoms with Gasteiger partial charge in [-0.05, 0) is 6.42 Å². The highest BCUT2D eigenvalue weighted by atomic mass is 16.3. The molecule has 16 heavy (non-hydrogen) atoms. The lowest BCUT2D eigenvalue weighted by molar-refractivity contribution is 0.00304. The highest BCUT2D eigenvalue weighted by Crippen LogP contribution is 2.18. The van der Waals surface area contributed by atoms with Crippen LogP contribution in [0.4, 0.5) is 0 Å². The molecule has 0 saturated heterocycles. The molecule has 0 atom stereocenters. The van der Waals surface area contributed by atoms with Gasteiger partial charge in [-0.1, -0.05) is 6.92 Å². The summed E-state index contributed by atoms with van der Waals surface area (Å²) in [6.45, 7) is 3.63. The zero-order chi connectivity index (χ0) is 12.9. The van der Waals surface area contributed by atoms with E-state index < -0.39 is 5.41 Å². The summed E-state index contributed by atoms with van der Waals surface area (Å²) in [5, 5.41) is 37.1. The van der Waals surface area contributed by atoms with E-state index >= 15 is 0 Å². The monoisotopic (exact) mass is 238 g/mol. The summed E-state index contributed by atoms with van der Waals surface area (Å²) in [7, 11) is 0. The van der Waals surface area contributed by atoms with Crippen molar-refractivity contribution >= 4 is 0 Å². The average molecular weight is 238 g/mol. The van der Waals surface area contributed by atoms with Gasteiger partial charge in [-0.25, -0.2) is 0 Å². The van der Waals surface area contributed by atoms with Crippen molar-refractivity contribution in [2.45, 2.75) is 13.3 Å². The lowest BCUT2D eigenvalue weighted by Crippen LogP contribution is -2.32. The van der Waals surface area contributed by atoms with E-state index in [1.807, 2.05) is 6.92 Å². The minimum absolute atomic E-state index is 0.156. The van der Waals surface area contributed by atoms with Gasteiger partial charge in [0.15, 0.2) is 0 Å². The summed E-state index contributed by atoms with van der Waals surface area (Å²) in [4.78, 5) is 0. The maximum atomic E-state index is 8.66. The third-order valence-electron chi connectivity index (χ3n) is 2.37. The first-order valence-corrected chi connectivity index (χ1v) is 5.50. The summed E-state index contributed by atoms with van der Waals surface area (Å²) < 4.78 is 0. The van der Waals surface area contributed by atoms with Crippen LogP contribution in [0.25, 0.3) is 0 Å². The first-order chi connectivity index (χ1) is 7.66. The number of aliphatic hydroxyl groups excluding tert-OH is 4. The normalized spacial score (nSPS) is 10.9. The van der Waals surface area contributed by atoms with E-state index in [0.29, 0.717) is 19.5 Å². The fourth-order valence-corrected chi connectivity index (χ4v) is 0.792. The first-order valence-electron chi connectivity index (χ1n) is 5.50. The minimum Gasteiger partial charge on any atom is -0.396 e. The fourth-order valence-electron chi connectivity index (χ4n) is 0.792. The van der Waals surface area contributed by atoms with Crippen LogP contribution in [0, 0.1) is 5.41 Å². The van der Waals surface area contributed by atoms with Crippen LogP contribution >= 0.6 is 0 Å². The number of nitrogens with two attached hydrogens (primary N) is 1. The largest absolute Gasteiger partial charge is 0.396 e. The highest BCUT2D eigenvalue weighted by Gasteiger charge is 2.24. The van der Waals surface area contributed by atoms with Crippen molar-refractivity contribution in [3.63, 3.8) is 0 Å². The second kappa shape index (κ2) is 12.8. The summed E-state index contributed by atoms with van der Waals surface area (Å²) in [5.41, 5.74) is 4.46. The number of nitrogens with one attached hydrogen (secondary N) is 1. The molecular weight excluding hydrogens is 212 g/mol. The number of rotatable bonds is 8. The molecule has 0 aromatic heterocycles. The van der Waals surface area contributed by atoms with E-state index in [1.54, 1.807) is 0 Å². The average Bonchev–Trinajstić information content (AvgIpc) is 2.34. The lowest BCUT2D eigenvalue weighted by atomic mass is 9.88.